The van der Waals surface area contributed by atoms with Crippen LogP contribution in [0.2, 0.25) is 0 Å². The number of piperazine rings is 1. The van der Waals surface area contributed by atoms with E-state index in [0.717, 1.165) is 17.6 Å². The number of hydrogen-bond acceptors (Lipinski definition) is 3. The molecular weight excluding hydrogens is 280 g/mol. The molecule has 2 N–H and O–H groups in total. The summed E-state index contributed by atoms with van der Waals surface area (Å²) in [5.41, 5.74) is 2.48. The summed E-state index contributed by atoms with van der Waals surface area (Å²) in [7, 11) is 0. The van der Waals surface area contributed by atoms with E-state index in [-0.39, 0.29) is 12.6 Å². The molecule has 0 amide bonds. The van der Waals surface area contributed by atoms with Gasteiger partial charge in [0.05, 0.1) is 6.61 Å². The van der Waals surface area contributed by atoms with Crippen LogP contribution < -0.4 is 10.2 Å². The molecule has 1 aliphatic rings. The maximum Gasteiger partial charge on any atom is 0.0602 e. The van der Waals surface area contributed by atoms with Crippen molar-refractivity contribution >= 4 is 21.6 Å². The van der Waals surface area contributed by atoms with E-state index in [0.29, 0.717) is 6.04 Å². The van der Waals surface area contributed by atoms with E-state index in [1.807, 2.05) is 0 Å². The highest BCUT2D eigenvalue weighted by Crippen LogP contribution is 2.24. The third-order valence-electron chi connectivity index (χ3n) is 3.18. The number of nitrogens with zero attached hydrogens (tertiary/aromatic N) is 1. The smallest absolute Gasteiger partial charge is 0.0602 e. The Hall–Kier alpha value is -0.580. The number of aryl methyl sites for hydroxylation is 1. The highest BCUT2D eigenvalue weighted by molar-refractivity contribution is 9.10. The molecule has 1 heterocycles. The van der Waals surface area contributed by atoms with Crippen molar-refractivity contribution in [2.45, 2.75) is 25.9 Å². The Kier molecular flexibility index (Phi) is 4.07. The van der Waals surface area contributed by atoms with Crippen LogP contribution in [-0.2, 0) is 0 Å². The number of aliphatic hydroxyl groups excluding tert-OH is 1. The molecule has 17 heavy (non-hydrogen) atoms. The zero-order valence-electron chi connectivity index (χ0n) is 10.3. The number of nitrogens with one attached hydrogen (secondary N) is 1. The average molecular weight is 299 g/mol. The van der Waals surface area contributed by atoms with Crippen molar-refractivity contribution < 1.29 is 5.11 Å². The van der Waals surface area contributed by atoms with Crippen molar-refractivity contribution in [1.82, 2.24) is 5.32 Å². The zero-order chi connectivity index (χ0) is 12.4. The summed E-state index contributed by atoms with van der Waals surface area (Å²) in [6.07, 6.45) is 0. The van der Waals surface area contributed by atoms with Crippen molar-refractivity contribution in [3.8, 4) is 0 Å². The minimum absolute atomic E-state index is 0.169. The molecule has 2 atom stereocenters. The topological polar surface area (TPSA) is 35.5 Å². The van der Waals surface area contributed by atoms with Crippen LogP contribution in [0.3, 0.4) is 0 Å². The molecule has 0 spiro atoms. The van der Waals surface area contributed by atoms with Crippen molar-refractivity contribution in [1.29, 1.82) is 0 Å². The Morgan fingerprint density at radius 2 is 2.24 bits per heavy atom. The van der Waals surface area contributed by atoms with Crippen LogP contribution in [0, 0.1) is 6.92 Å². The standard InChI is InChI=1S/C13H19BrN2O/c1-9-5-12(3-4-13(9)14)16-6-10(2)15-11(7-16)8-17/h3-5,10-11,15,17H,6-8H2,1-2H3. The molecule has 2 unspecified atom stereocenters. The van der Waals surface area contributed by atoms with Gasteiger partial charge in [0.1, 0.15) is 0 Å². The van der Waals surface area contributed by atoms with Gasteiger partial charge in [-0.1, -0.05) is 15.9 Å². The molecule has 3 nitrogen and oxygen atoms in total. The summed E-state index contributed by atoms with van der Waals surface area (Å²) in [5, 5.41) is 12.7. The Morgan fingerprint density at radius 1 is 1.47 bits per heavy atom. The molecule has 1 aliphatic heterocycles. The largest absolute Gasteiger partial charge is 0.395 e. The van der Waals surface area contributed by atoms with Crippen molar-refractivity contribution in [2.24, 2.45) is 0 Å². The first-order valence-corrected chi connectivity index (χ1v) is 6.77. The number of aliphatic hydroxyl groups is 1. The van der Waals surface area contributed by atoms with E-state index < -0.39 is 0 Å². The number of benzene rings is 1. The van der Waals surface area contributed by atoms with Gasteiger partial charge in [-0.05, 0) is 37.6 Å². The predicted molar refractivity (Wildman–Crippen MR) is 74.6 cm³/mol. The second-order valence-corrected chi connectivity index (χ2v) is 5.64. The molecule has 94 valence electrons. The maximum atomic E-state index is 9.28. The van der Waals surface area contributed by atoms with Gasteiger partial charge in [-0.25, -0.2) is 0 Å². The van der Waals surface area contributed by atoms with Gasteiger partial charge in [-0.3, -0.25) is 0 Å². The lowest BCUT2D eigenvalue weighted by Crippen LogP contribution is -2.56. The molecule has 1 saturated heterocycles. The van der Waals surface area contributed by atoms with Crippen molar-refractivity contribution in [2.75, 3.05) is 24.6 Å². The molecule has 1 aromatic carbocycles. The summed E-state index contributed by atoms with van der Waals surface area (Å²) in [6, 6.07) is 6.98. The quantitative estimate of drug-likeness (QED) is 0.876. The zero-order valence-corrected chi connectivity index (χ0v) is 11.9. The van der Waals surface area contributed by atoms with Crippen LogP contribution >= 0.6 is 15.9 Å². The Balaban J connectivity index is 2.17. The molecule has 0 saturated carbocycles. The van der Waals surface area contributed by atoms with Crippen LogP contribution in [0.15, 0.2) is 22.7 Å². The summed E-state index contributed by atoms with van der Waals surface area (Å²) in [5.74, 6) is 0. The molecule has 0 bridgehead atoms. The fourth-order valence-corrected chi connectivity index (χ4v) is 2.57. The van der Waals surface area contributed by atoms with Crippen LogP contribution in [0.1, 0.15) is 12.5 Å². The van der Waals surface area contributed by atoms with Gasteiger partial charge < -0.3 is 15.3 Å². The Bertz CT molecular complexity index is 397. The normalized spacial score (nSPS) is 25.1. The lowest BCUT2D eigenvalue weighted by molar-refractivity contribution is 0.221. The van der Waals surface area contributed by atoms with E-state index in [1.165, 1.54) is 11.3 Å². The van der Waals surface area contributed by atoms with Gasteiger partial charge in [-0.2, -0.15) is 0 Å². The fourth-order valence-electron chi connectivity index (χ4n) is 2.33. The third-order valence-corrected chi connectivity index (χ3v) is 4.07. The van der Waals surface area contributed by atoms with E-state index in [1.54, 1.807) is 0 Å². The van der Waals surface area contributed by atoms with Crippen LogP contribution in [0.4, 0.5) is 5.69 Å². The van der Waals surface area contributed by atoms with E-state index in [2.05, 4.69) is 58.2 Å². The maximum absolute atomic E-state index is 9.28. The minimum Gasteiger partial charge on any atom is -0.395 e. The summed E-state index contributed by atoms with van der Waals surface area (Å²) in [6.45, 7) is 6.29. The second kappa shape index (κ2) is 5.38. The highest BCUT2D eigenvalue weighted by atomic mass is 79.9. The molecule has 1 fully saturated rings. The number of anilines is 1. The summed E-state index contributed by atoms with van der Waals surface area (Å²) >= 11 is 3.52. The van der Waals surface area contributed by atoms with Crippen molar-refractivity contribution in [3.05, 3.63) is 28.2 Å². The Labute approximate surface area is 111 Å². The van der Waals surface area contributed by atoms with E-state index in [4.69, 9.17) is 0 Å². The monoisotopic (exact) mass is 298 g/mol. The second-order valence-electron chi connectivity index (χ2n) is 4.79. The minimum atomic E-state index is 0.169. The van der Waals surface area contributed by atoms with Gasteiger partial charge in [0, 0.05) is 35.3 Å². The third kappa shape index (κ3) is 3.00. The summed E-state index contributed by atoms with van der Waals surface area (Å²) in [4.78, 5) is 2.33. The van der Waals surface area contributed by atoms with Crippen LogP contribution in [-0.4, -0.2) is 36.9 Å². The first kappa shape index (κ1) is 12.9. The fraction of sp³-hybridized carbons (Fsp3) is 0.538. The van der Waals surface area contributed by atoms with Gasteiger partial charge in [-0.15, -0.1) is 0 Å². The van der Waals surface area contributed by atoms with Crippen molar-refractivity contribution in [3.63, 3.8) is 0 Å². The Morgan fingerprint density at radius 3 is 2.88 bits per heavy atom. The average Bonchev–Trinajstić information content (AvgIpc) is 2.32. The highest BCUT2D eigenvalue weighted by Gasteiger charge is 2.23. The predicted octanol–water partition coefficient (Wildman–Crippen LogP) is 1.92. The van der Waals surface area contributed by atoms with Crippen LogP contribution in [0.25, 0.3) is 0 Å². The number of rotatable bonds is 2. The van der Waals surface area contributed by atoms with Gasteiger partial charge in [0.2, 0.25) is 0 Å². The number of hydrogen-bond donors (Lipinski definition) is 2. The van der Waals surface area contributed by atoms with Gasteiger partial charge in [0.25, 0.3) is 0 Å². The van der Waals surface area contributed by atoms with E-state index >= 15 is 0 Å². The first-order chi connectivity index (χ1) is 8.10. The molecule has 0 aliphatic carbocycles. The molecule has 0 aromatic heterocycles. The van der Waals surface area contributed by atoms with Gasteiger partial charge >= 0.3 is 0 Å². The van der Waals surface area contributed by atoms with E-state index in [9.17, 15) is 5.11 Å². The molecule has 1 aromatic rings. The number of halogens is 1. The van der Waals surface area contributed by atoms with Gasteiger partial charge in [0.15, 0.2) is 0 Å². The summed E-state index contributed by atoms with van der Waals surface area (Å²) < 4.78 is 1.14. The van der Waals surface area contributed by atoms with Crippen LogP contribution in [0.5, 0.6) is 0 Å². The molecule has 4 heteroatoms. The molecule has 0 radical (unpaired) electrons. The lowest BCUT2D eigenvalue weighted by atomic mass is 10.1. The molecular formula is C13H19BrN2O. The first-order valence-electron chi connectivity index (χ1n) is 5.98. The lowest BCUT2D eigenvalue weighted by Gasteiger charge is -2.38. The SMILES string of the molecule is Cc1cc(N2CC(C)NC(CO)C2)ccc1Br. The molecule has 2 rings (SSSR count).